The Morgan fingerprint density at radius 1 is 1.25 bits per heavy atom. The number of likely N-dealkylation sites (tertiary alicyclic amines) is 1. The normalized spacial score (nSPS) is 23.7. The fourth-order valence-corrected chi connectivity index (χ4v) is 3.98. The molecule has 1 aromatic carbocycles. The molecule has 2 aliphatic heterocycles. The summed E-state index contributed by atoms with van der Waals surface area (Å²) in [6.07, 6.45) is 1.62. The first-order valence-electron chi connectivity index (χ1n) is 10.7. The second-order valence-corrected chi connectivity index (χ2v) is 8.29. The van der Waals surface area contributed by atoms with E-state index >= 15 is 0 Å². The monoisotopic (exact) mass is 385 g/mol. The number of anilines is 1. The van der Waals surface area contributed by atoms with Gasteiger partial charge in [-0.3, -0.25) is 9.69 Å². The molecule has 1 aromatic rings. The minimum absolute atomic E-state index is 0.227. The Hall–Kier alpha value is -2.08. The van der Waals surface area contributed by atoms with E-state index in [1.807, 2.05) is 17.0 Å². The number of rotatable bonds is 6. The molecule has 2 N–H and O–H groups in total. The molecule has 0 aliphatic carbocycles. The van der Waals surface area contributed by atoms with Crippen LogP contribution in [-0.2, 0) is 11.3 Å². The molecular formula is C22H35N5O. The minimum atomic E-state index is 0.227. The van der Waals surface area contributed by atoms with Crippen LogP contribution in [0.5, 0.6) is 0 Å². The summed E-state index contributed by atoms with van der Waals surface area (Å²) in [4.78, 5) is 21.1. The Bertz CT molecular complexity index is 685. The Balaban J connectivity index is 1.60. The molecule has 6 heteroatoms. The van der Waals surface area contributed by atoms with Crippen LogP contribution in [0.3, 0.4) is 0 Å². The van der Waals surface area contributed by atoms with Crippen molar-refractivity contribution in [2.75, 3.05) is 31.1 Å². The van der Waals surface area contributed by atoms with Gasteiger partial charge in [-0.2, -0.15) is 0 Å². The lowest BCUT2D eigenvalue weighted by Gasteiger charge is -2.22. The maximum Gasteiger partial charge on any atom is 0.227 e. The van der Waals surface area contributed by atoms with Crippen LogP contribution in [0.1, 0.15) is 46.1 Å². The SMILES string of the molecule is CCNC(=NCc1ccc(N2CCCC2=O)cc1)NC1CN(C(C)C)CC1C. The molecule has 2 fully saturated rings. The number of aliphatic imine (C=N–C) groups is 1. The van der Waals surface area contributed by atoms with Crippen LogP contribution < -0.4 is 15.5 Å². The van der Waals surface area contributed by atoms with Gasteiger partial charge >= 0.3 is 0 Å². The predicted octanol–water partition coefficient (Wildman–Crippen LogP) is 2.60. The zero-order valence-electron chi connectivity index (χ0n) is 17.7. The summed E-state index contributed by atoms with van der Waals surface area (Å²) in [5.74, 6) is 1.71. The molecule has 1 amide bonds. The average Bonchev–Trinajstić information content (AvgIpc) is 3.26. The van der Waals surface area contributed by atoms with Gasteiger partial charge in [0.2, 0.25) is 5.91 Å². The summed E-state index contributed by atoms with van der Waals surface area (Å²) < 4.78 is 0. The van der Waals surface area contributed by atoms with E-state index in [1.165, 1.54) is 0 Å². The van der Waals surface area contributed by atoms with Gasteiger partial charge in [-0.25, -0.2) is 4.99 Å². The maximum absolute atomic E-state index is 11.9. The van der Waals surface area contributed by atoms with Crippen molar-refractivity contribution < 1.29 is 4.79 Å². The van der Waals surface area contributed by atoms with Crippen molar-refractivity contribution in [2.45, 2.75) is 59.2 Å². The number of amides is 1. The number of carbonyl (C=O) groups is 1. The third-order valence-corrected chi connectivity index (χ3v) is 5.78. The highest BCUT2D eigenvalue weighted by molar-refractivity contribution is 5.95. The van der Waals surface area contributed by atoms with Crippen molar-refractivity contribution in [2.24, 2.45) is 10.9 Å². The molecule has 2 atom stereocenters. The van der Waals surface area contributed by atoms with Crippen molar-refractivity contribution in [3.63, 3.8) is 0 Å². The molecular weight excluding hydrogens is 350 g/mol. The van der Waals surface area contributed by atoms with E-state index in [-0.39, 0.29) is 5.91 Å². The molecule has 154 valence electrons. The maximum atomic E-state index is 11.9. The van der Waals surface area contributed by atoms with Crippen molar-refractivity contribution in [3.8, 4) is 0 Å². The lowest BCUT2D eigenvalue weighted by Crippen LogP contribution is -2.46. The first-order chi connectivity index (χ1) is 13.5. The van der Waals surface area contributed by atoms with Gasteiger partial charge in [0.15, 0.2) is 5.96 Å². The van der Waals surface area contributed by atoms with E-state index in [0.29, 0.717) is 31.0 Å². The van der Waals surface area contributed by atoms with Gasteiger partial charge in [0, 0.05) is 50.4 Å². The second-order valence-electron chi connectivity index (χ2n) is 8.29. The van der Waals surface area contributed by atoms with Gasteiger partial charge in [0.25, 0.3) is 0 Å². The van der Waals surface area contributed by atoms with Crippen molar-refractivity contribution in [3.05, 3.63) is 29.8 Å². The summed E-state index contributed by atoms with van der Waals surface area (Å²) >= 11 is 0. The summed E-state index contributed by atoms with van der Waals surface area (Å²) in [6, 6.07) is 9.22. The molecule has 0 bridgehead atoms. The lowest BCUT2D eigenvalue weighted by atomic mass is 10.1. The van der Waals surface area contributed by atoms with Crippen LogP contribution in [0.25, 0.3) is 0 Å². The van der Waals surface area contributed by atoms with Crippen LogP contribution in [0.15, 0.2) is 29.3 Å². The molecule has 2 saturated heterocycles. The van der Waals surface area contributed by atoms with Gasteiger partial charge in [0.1, 0.15) is 0 Å². The zero-order chi connectivity index (χ0) is 20.1. The molecule has 0 saturated carbocycles. The molecule has 0 radical (unpaired) electrons. The summed E-state index contributed by atoms with van der Waals surface area (Å²) in [7, 11) is 0. The molecule has 0 spiro atoms. The Labute approximate surface area is 169 Å². The first kappa shape index (κ1) is 20.6. The molecule has 28 heavy (non-hydrogen) atoms. The molecule has 2 unspecified atom stereocenters. The number of nitrogens with zero attached hydrogens (tertiary/aromatic N) is 3. The standard InChI is InChI=1S/C22H35N5O/c1-5-23-22(25-20-15-26(16(2)3)14-17(20)4)24-13-18-8-10-19(11-9-18)27-12-6-7-21(27)28/h8-11,16-17,20H,5-7,12-15H2,1-4H3,(H2,23,24,25). The van der Waals surface area contributed by atoms with Gasteiger partial charge in [-0.1, -0.05) is 19.1 Å². The predicted molar refractivity (Wildman–Crippen MR) is 116 cm³/mol. The Morgan fingerprint density at radius 3 is 2.57 bits per heavy atom. The number of hydrogen-bond donors (Lipinski definition) is 2. The van der Waals surface area contributed by atoms with Crippen molar-refractivity contribution in [1.82, 2.24) is 15.5 Å². The van der Waals surface area contributed by atoms with E-state index in [0.717, 1.165) is 49.8 Å². The van der Waals surface area contributed by atoms with Gasteiger partial charge < -0.3 is 15.5 Å². The minimum Gasteiger partial charge on any atom is -0.357 e. The Kier molecular flexibility index (Phi) is 6.94. The van der Waals surface area contributed by atoms with Crippen molar-refractivity contribution in [1.29, 1.82) is 0 Å². The third kappa shape index (κ3) is 5.04. The Morgan fingerprint density at radius 2 is 2.00 bits per heavy atom. The fourth-order valence-electron chi connectivity index (χ4n) is 3.98. The number of hydrogen-bond acceptors (Lipinski definition) is 3. The van der Waals surface area contributed by atoms with Crippen LogP contribution >= 0.6 is 0 Å². The first-order valence-corrected chi connectivity index (χ1v) is 10.7. The van der Waals surface area contributed by atoms with E-state index < -0.39 is 0 Å². The van der Waals surface area contributed by atoms with E-state index in [1.54, 1.807) is 0 Å². The fraction of sp³-hybridized carbons (Fsp3) is 0.636. The molecule has 6 nitrogen and oxygen atoms in total. The van der Waals surface area contributed by atoms with Crippen LogP contribution in [0.4, 0.5) is 5.69 Å². The lowest BCUT2D eigenvalue weighted by molar-refractivity contribution is -0.117. The van der Waals surface area contributed by atoms with Crippen molar-refractivity contribution >= 4 is 17.6 Å². The molecule has 3 rings (SSSR count). The van der Waals surface area contributed by atoms with E-state index in [9.17, 15) is 4.79 Å². The second kappa shape index (κ2) is 9.41. The van der Waals surface area contributed by atoms with Gasteiger partial charge in [0.05, 0.1) is 6.54 Å². The summed E-state index contributed by atoms with van der Waals surface area (Å²) in [5.41, 5.74) is 2.14. The zero-order valence-corrected chi connectivity index (χ0v) is 17.7. The average molecular weight is 386 g/mol. The molecule has 2 aliphatic rings. The summed E-state index contributed by atoms with van der Waals surface area (Å²) in [6.45, 7) is 13.4. The van der Waals surface area contributed by atoms with Crippen LogP contribution in [0.2, 0.25) is 0 Å². The number of carbonyl (C=O) groups excluding carboxylic acids is 1. The number of benzene rings is 1. The number of nitrogens with one attached hydrogen (secondary N) is 2. The largest absolute Gasteiger partial charge is 0.357 e. The highest BCUT2D eigenvalue weighted by atomic mass is 16.2. The van der Waals surface area contributed by atoms with Crippen LogP contribution in [-0.4, -0.2) is 55.0 Å². The van der Waals surface area contributed by atoms with Gasteiger partial charge in [-0.05, 0) is 50.8 Å². The molecule has 0 aromatic heterocycles. The van der Waals surface area contributed by atoms with E-state index in [2.05, 4.69) is 55.4 Å². The summed E-state index contributed by atoms with van der Waals surface area (Å²) in [5, 5.41) is 7.00. The van der Waals surface area contributed by atoms with Gasteiger partial charge in [-0.15, -0.1) is 0 Å². The smallest absolute Gasteiger partial charge is 0.227 e. The quantitative estimate of drug-likeness (QED) is 0.584. The number of guanidine groups is 1. The van der Waals surface area contributed by atoms with Crippen LogP contribution in [0, 0.1) is 5.92 Å². The highest BCUT2D eigenvalue weighted by Gasteiger charge is 2.31. The topological polar surface area (TPSA) is 60.0 Å². The molecule has 2 heterocycles. The highest BCUT2D eigenvalue weighted by Crippen LogP contribution is 2.22. The van der Waals surface area contributed by atoms with E-state index in [4.69, 9.17) is 4.99 Å². The third-order valence-electron chi connectivity index (χ3n) is 5.78.